The Bertz CT molecular complexity index is 546. The second-order valence-electron chi connectivity index (χ2n) is 4.67. The molecular weight excluding hydrogens is 208 g/mol. The van der Waals surface area contributed by atoms with Crippen molar-refractivity contribution in [1.82, 2.24) is 4.98 Å². The van der Waals surface area contributed by atoms with E-state index >= 15 is 0 Å². The minimum absolute atomic E-state index is 1.10. The molecule has 17 heavy (non-hydrogen) atoms. The molecule has 2 heteroatoms. The van der Waals surface area contributed by atoms with Crippen LogP contribution in [0.2, 0.25) is 0 Å². The van der Waals surface area contributed by atoms with E-state index in [1.54, 1.807) is 0 Å². The molecule has 0 bridgehead atoms. The van der Waals surface area contributed by atoms with Gasteiger partial charge in [0.15, 0.2) is 0 Å². The number of nitrogens with zero attached hydrogens (tertiary/aromatic N) is 1. The van der Waals surface area contributed by atoms with Gasteiger partial charge in [-0.15, -0.1) is 0 Å². The predicted octanol–water partition coefficient (Wildman–Crippen LogP) is 3.62. The lowest BCUT2D eigenvalue weighted by atomic mass is 9.98. The largest absolute Gasteiger partial charge is 0.355 e. The molecule has 1 aliphatic rings. The van der Waals surface area contributed by atoms with E-state index in [1.165, 1.54) is 34.5 Å². The molecule has 0 spiro atoms. The number of fused-ring (bicyclic) bond motifs is 2. The van der Waals surface area contributed by atoms with E-state index in [1.807, 2.05) is 12.4 Å². The van der Waals surface area contributed by atoms with Crippen LogP contribution in [0.25, 0.3) is 0 Å². The molecule has 1 aromatic heterocycles. The Labute approximate surface area is 102 Å². The van der Waals surface area contributed by atoms with Crippen molar-refractivity contribution in [2.24, 2.45) is 0 Å². The number of anilines is 2. The molecule has 0 saturated heterocycles. The molecule has 1 aromatic carbocycles. The van der Waals surface area contributed by atoms with Crippen LogP contribution in [0.4, 0.5) is 11.4 Å². The molecule has 2 nitrogen and oxygen atoms in total. The van der Waals surface area contributed by atoms with Crippen LogP contribution in [0, 0.1) is 6.92 Å². The minimum atomic E-state index is 1.10. The van der Waals surface area contributed by atoms with Crippen LogP contribution in [0.5, 0.6) is 0 Å². The lowest BCUT2D eigenvalue weighted by molar-refractivity contribution is 0.813. The van der Waals surface area contributed by atoms with Gasteiger partial charge < -0.3 is 5.32 Å². The van der Waals surface area contributed by atoms with E-state index < -0.39 is 0 Å². The Morgan fingerprint density at radius 2 is 1.94 bits per heavy atom. The first kappa shape index (κ1) is 10.3. The molecule has 86 valence electrons. The number of hydrogen-bond acceptors (Lipinski definition) is 2. The Kier molecular flexibility index (Phi) is 2.56. The van der Waals surface area contributed by atoms with Gasteiger partial charge in [0.25, 0.3) is 0 Å². The standard InChI is InChI=1S/C15H16N2/c1-11-5-6-12-3-2-4-13-10-16-8-7-14(13)17-15(12)9-11/h5-10,17H,2-4H2,1H3. The van der Waals surface area contributed by atoms with Crippen LogP contribution < -0.4 is 5.32 Å². The topological polar surface area (TPSA) is 24.9 Å². The maximum Gasteiger partial charge on any atom is 0.0447 e. The van der Waals surface area contributed by atoms with E-state index in [4.69, 9.17) is 0 Å². The van der Waals surface area contributed by atoms with Gasteiger partial charge in [0.2, 0.25) is 0 Å². The summed E-state index contributed by atoms with van der Waals surface area (Å²) in [6.07, 6.45) is 7.25. The highest BCUT2D eigenvalue weighted by Crippen LogP contribution is 2.29. The third kappa shape index (κ3) is 2.03. The highest BCUT2D eigenvalue weighted by atomic mass is 14.9. The second-order valence-corrected chi connectivity index (χ2v) is 4.67. The normalized spacial score (nSPS) is 13.9. The number of aromatic nitrogens is 1. The second kappa shape index (κ2) is 4.21. The molecule has 1 aliphatic heterocycles. The number of pyridine rings is 1. The summed E-state index contributed by atoms with van der Waals surface area (Å²) in [6, 6.07) is 8.72. The Hall–Kier alpha value is -1.83. The fraction of sp³-hybridized carbons (Fsp3) is 0.267. The van der Waals surface area contributed by atoms with Gasteiger partial charge in [-0.05, 0) is 55.0 Å². The van der Waals surface area contributed by atoms with Crippen LogP contribution >= 0.6 is 0 Å². The third-order valence-electron chi connectivity index (χ3n) is 3.33. The lowest BCUT2D eigenvalue weighted by Gasteiger charge is -2.18. The van der Waals surface area contributed by atoms with Crippen LogP contribution in [0.3, 0.4) is 0 Å². The molecule has 0 aliphatic carbocycles. The van der Waals surface area contributed by atoms with Gasteiger partial charge in [0.05, 0.1) is 0 Å². The number of rotatable bonds is 0. The third-order valence-corrected chi connectivity index (χ3v) is 3.33. The van der Waals surface area contributed by atoms with Crippen LogP contribution in [-0.4, -0.2) is 4.98 Å². The first-order valence-corrected chi connectivity index (χ1v) is 6.12. The van der Waals surface area contributed by atoms with Gasteiger partial charge >= 0.3 is 0 Å². The molecule has 3 rings (SSSR count). The van der Waals surface area contributed by atoms with E-state index in [-0.39, 0.29) is 0 Å². The van der Waals surface area contributed by atoms with E-state index in [0.29, 0.717) is 0 Å². The Morgan fingerprint density at radius 1 is 1.06 bits per heavy atom. The molecule has 0 radical (unpaired) electrons. The fourth-order valence-corrected chi connectivity index (χ4v) is 2.39. The smallest absolute Gasteiger partial charge is 0.0447 e. The summed E-state index contributed by atoms with van der Waals surface area (Å²) in [6.45, 7) is 2.13. The summed E-state index contributed by atoms with van der Waals surface area (Å²) >= 11 is 0. The van der Waals surface area contributed by atoms with Crippen molar-refractivity contribution in [2.45, 2.75) is 26.2 Å². The van der Waals surface area contributed by atoms with Crippen molar-refractivity contribution < 1.29 is 0 Å². The molecule has 0 saturated carbocycles. The van der Waals surface area contributed by atoms with Crippen molar-refractivity contribution >= 4 is 11.4 Å². The summed E-state index contributed by atoms with van der Waals surface area (Å²) in [4.78, 5) is 4.20. The monoisotopic (exact) mass is 224 g/mol. The van der Waals surface area contributed by atoms with Gasteiger partial charge in [-0.2, -0.15) is 0 Å². The fourth-order valence-electron chi connectivity index (χ4n) is 2.39. The molecule has 0 amide bonds. The zero-order valence-electron chi connectivity index (χ0n) is 10.0. The summed E-state index contributed by atoms with van der Waals surface area (Å²) < 4.78 is 0. The first-order valence-electron chi connectivity index (χ1n) is 6.12. The molecule has 2 aromatic rings. The summed E-state index contributed by atoms with van der Waals surface area (Å²) in [5.74, 6) is 0. The van der Waals surface area contributed by atoms with Crippen LogP contribution in [-0.2, 0) is 12.8 Å². The number of benzene rings is 1. The summed E-state index contributed by atoms with van der Waals surface area (Å²) in [5.41, 5.74) is 6.48. The molecule has 1 N–H and O–H groups in total. The average molecular weight is 224 g/mol. The van der Waals surface area contributed by atoms with E-state index in [9.17, 15) is 0 Å². The molecule has 2 heterocycles. The van der Waals surface area contributed by atoms with Crippen molar-refractivity contribution in [1.29, 1.82) is 0 Å². The van der Waals surface area contributed by atoms with Crippen LogP contribution in [0.15, 0.2) is 36.7 Å². The quantitative estimate of drug-likeness (QED) is 0.739. The zero-order chi connectivity index (χ0) is 11.7. The predicted molar refractivity (Wildman–Crippen MR) is 70.7 cm³/mol. The van der Waals surface area contributed by atoms with E-state index in [0.717, 1.165) is 12.8 Å². The van der Waals surface area contributed by atoms with Gasteiger partial charge in [-0.1, -0.05) is 12.1 Å². The molecule has 0 fully saturated rings. The maximum atomic E-state index is 4.20. The first-order chi connectivity index (χ1) is 8.33. The number of aryl methyl sites for hydroxylation is 3. The number of hydrogen-bond donors (Lipinski definition) is 1. The Morgan fingerprint density at radius 3 is 2.88 bits per heavy atom. The van der Waals surface area contributed by atoms with Crippen molar-refractivity contribution in [3.63, 3.8) is 0 Å². The highest BCUT2D eigenvalue weighted by Gasteiger charge is 2.10. The van der Waals surface area contributed by atoms with Gasteiger partial charge in [-0.25, -0.2) is 0 Å². The molecular formula is C15H16N2. The van der Waals surface area contributed by atoms with Crippen molar-refractivity contribution in [3.8, 4) is 0 Å². The van der Waals surface area contributed by atoms with Crippen molar-refractivity contribution in [3.05, 3.63) is 53.3 Å². The van der Waals surface area contributed by atoms with Gasteiger partial charge in [-0.3, -0.25) is 4.98 Å². The highest BCUT2D eigenvalue weighted by molar-refractivity contribution is 5.67. The maximum absolute atomic E-state index is 4.20. The molecule has 0 unspecified atom stereocenters. The van der Waals surface area contributed by atoms with Crippen LogP contribution in [0.1, 0.15) is 23.1 Å². The SMILES string of the molecule is Cc1ccc2c(c1)Nc1ccncc1CCC2. The lowest BCUT2D eigenvalue weighted by Crippen LogP contribution is -2.05. The van der Waals surface area contributed by atoms with E-state index in [2.05, 4.69) is 41.5 Å². The number of nitrogens with one attached hydrogen (secondary N) is 1. The van der Waals surface area contributed by atoms with Crippen molar-refractivity contribution in [2.75, 3.05) is 5.32 Å². The average Bonchev–Trinajstić information content (AvgIpc) is 2.31. The van der Waals surface area contributed by atoms with Gasteiger partial charge in [0.1, 0.15) is 0 Å². The van der Waals surface area contributed by atoms with Gasteiger partial charge in [0, 0.05) is 23.8 Å². The molecule has 0 atom stereocenters. The minimum Gasteiger partial charge on any atom is -0.355 e. The summed E-state index contributed by atoms with van der Waals surface area (Å²) in [7, 11) is 0. The zero-order valence-corrected chi connectivity index (χ0v) is 10.0. The Balaban J connectivity index is 2.07. The summed E-state index contributed by atoms with van der Waals surface area (Å²) in [5, 5.41) is 3.54.